The van der Waals surface area contributed by atoms with Gasteiger partial charge in [-0.1, -0.05) is 0 Å². The lowest BCUT2D eigenvalue weighted by Gasteiger charge is -2.40. The molecule has 0 radical (unpaired) electrons. The van der Waals surface area contributed by atoms with Crippen LogP contribution in [0.3, 0.4) is 0 Å². The van der Waals surface area contributed by atoms with E-state index in [1.807, 2.05) is 16.7 Å². The van der Waals surface area contributed by atoms with E-state index in [9.17, 15) is 4.79 Å². The summed E-state index contributed by atoms with van der Waals surface area (Å²) >= 11 is 1.95. The molecular formula is C10H19N3OS. The van der Waals surface area contributed by atoms with Crippen LogP contribution in [0.2, 0.25) is 0 Å². The molecule has 86 valence electrons. The minimum Gasteiger partial charge on any atom is -0.339 e. The highest BCUT2D eigenvalue weighted by molar-refractivity contribution is 8.00. The number of hydrogen-bond donors (Lipinski definition) is 2. The third-order valence-corrected chi connectivity index (χ3v) is 4.52. The Hall–Kier alpha value is -0.260. The number of amides is 1. The molecule has 2 unspecified atom stereocenters. The third kappa shape index (κ3) is 2.29. The second kappa shape index (κ2) is 4.31. The molecule has 0 saturated carbocycles. The highest BCUT2D eigenvalue weighted by atomic mass is 32.2. The van der Waals surface area contributed by atoms with E-state index in [0.29, 0.717) is 0 Å². The second-order valence-corrected chi connectivity index (χ2v) is 5.90. The van der Waals surface area contributed by atoms with Gasteiger partial charge < -0.3 is 16.0 Å². The molecule has 2 saturated heterocycles. The Bertz CT molecular complexity index is 251. The first kappa shape index (κ1) is 11.2. The second-order valence-electron chi connectivity index (χ2n) is 4.42. The number of nitrogens with zero attached hydrogens (tertiary/aromatic N) is 1. The van der Waals surface area contributed by atoms with Crippen molar-refractivity contribution in [2.75, 3.05) is 25.4 Å². The van der Waals surface area contributed by atoms with Gasteiger partial charge in [0.05, 0.1) is 10.9 Å². The molecule has 0 aliphatic carbocycles. The van der Waals surface area contributed by atoms with Crippen molar-refractivity contribution in [1.29, 1.82) is 0 Å². The Balaban J connectivity index is 2.00. The maximum absolute atomic E-state index is 11.8. The van der Waals surface area contributed by atoms with Crippen LogP contribution in [0.15, 0.2) is 0 Å². The number of piperidine rings is 1. The normalized spacial score (nSPS) is 33.3. The summed E-state index contributed by atoms with van der Waals surface area (Å²) in [5, 5.41) is 3.52. The van der Waals surface area contributed by atoms with Crippen LogP contribution in [0.5, 0.6) is 0 Å². The van der Waals surface area contributed by atoms with Crippen molar-refractivity contribution in [3.05, 3.63) is 0 Å². The van der Waals surface area contributed by atoms with Crippen molar-refractivity contribution < 1.29 is 4.79 Å². The fourth-order valence-corrected chi connectivity index (χ4v) is 3.67. The molecule has 0 aromatic heterocycles. The molecule has 0 aromatic rings. The number of thioether (sulfide) groups is 1. The smallest absolute Gasteiger partial charge is 0.239 e. The highest BCUT2D eigenvalue weighted by Crippen LogP contribution is 2.35. The number of nitrogens with two attached hydrogens (primary N) is 1. The number of nitrogens with one attached hydrogen (secondary N) is 1. The Kier molecular flexibility index (Phi) is 3.23. The number of carbonyl (C=O) groups excluding carboxylic acids is 1. The number of carbonyl (C=O) groups is 1. The molecule has 2 fully saturated rings. The third-order valence-electron chi connectivity index (χ3n) is 3.08. The molecule has 0 aromatic carbocycles. The van der Waals surface area contributed by atoms with Crippen molar-refractivity contribution >= 4 is 17.7 Å². The quantitative estimate of drug-likeness (QED) is 0.664. The van der Waals surface area contributed by atoms with Crippen molar-refractivity contribution in [1.82, 2.24) is 10.2 Å². The lowest BCUT2D eigenvalue weighted by Crippen LogP contribution is -2.56. The van der Waals surface area contributed by atoms with E-state index in [-0.39, 0.29) is 16.8 Å². The largest absolute Gasteiger partial charge is 0.339 e. The molecule has 1 spiro atoms. The molecule has 15 heavy (non-hydrogen) atoms. The number of likely N-dealkylation sites (tertiary alicyclic amines) is 1. The van der Waals surface area contributed by atoms with Crippen molar-refractivity contribution in [2.24, 2.45) is 5.73 Å². The predicted molar refractivity (Wildman–Crippen MR) is 62.7 cm³/mol. The van der Waals surface area contributed by atoms with Gasteiger partial charge in [-0.15, -0.1) is 11.8 Å². The molecule has 5 heteroatoms. The minimum atomic E-state index is -0.369. The lowest BCUT2D eigenvalue weighted by molar-refractivity contribution is -0.133. The van der Waals surface area contributed by atoms with E-state index >= 15 is 0 Å². The first-order valence-electron chi connectivity index (χ1n) is 5.56. The van der Waals surface area contributed by atoms with Crippen LogP contribution in [0.1, 0.15) is 19.8 Å². The van der Waals surface area contributed by atoms with Crippen LogP contribution in [0.25, 0.3) is 0 Å². The minimum absolute atomic E-state index is 0.0865. The zero-order chi connectivity index (χ0) is 10.9. The number of rotatable bonds is 1. The summed E-state index contributed by atoms with van der Waals surface area (Å²) in [6.07, 6.45) is 2.25. The monoisotopic (exact) mass is 229 g/mol. The molecular weight excluding hydrogens is 210 g/mol. The van der Waals surface area contributed by atoms with Gasteiger partial charge in [-0.3, -0.25) is 4.79 Å². The van der Waals surface area contributed by atoms with Crippen LogP contribution >= 0.6 is 11.8 Å². The average Bonchev–Trinajstić information content (AvgIpc) is 2.65. The van der Waals surface area contributed by atoms with E-state index in [4.69, 9.17) is 5.73 Å². The van der Waals surface area contributed by atoms with Gasteiger partial charge in [0.25, 0.3) is 0 Å². The van der Waals surface area contributed by atoms with E-state index < -0.39 is 0 Å². The van der Waals surface area contributed by atoms with E-state index in [1.54, 1.807) is 6.92 Å². The van der Waals surface area contributed by atoms with E-state index in [0.717, 1.165) is 31.8 Å². The summed E-state index contributed by atoms with van der Waals surface area (Å²) in [6.45, 7) is 4.51. The van der Waals surface area contributed by atoms with Gasteiger partial charge in [0.15, 0.2) is 0 Å². The topological polar surface area (TPSA) is 58.4 Å². The summed E-state index contributed by atoms with van der Waals surface area (Å²) in [5.74, 6) is 1.24. The standard InChI is InChI=1S/C10H19N3OS/c1-8(11)9(14)13-5-2-3-10(7-13)12-4-6-15-10/h8,12H,2-7,11H2,1H3. The van der Waals surface area contributed by atoms with Crippen molar-refractivity contribution in [2.45, 2.75) is 30.7 Å². The van der Waals surface area contributed by atoms with Gasteiger partial charge in [0, 0.05) is 25.4 Å². The fraction of sp³-hybridized carbons (Fsp3) is 0.900. The van der Waals surface area contributed by atoms with Gasteiger partial charge in [0.2, 0.25) is 5.91 Å². The fourth-order valence-electron chi connectivity index (χ4n) is 2.34. The SMILES string of the molecule is CC(N)C(=O)N1CCCC2(C1)NCCS2. The summed E-state index contributed by atoms with van der Waals surface area (Å²) in [6, 6.07) is -0.369. The molecule has 2 heterocycles. The first-order valence-corrected chi connectivity index (χ1v) is 6.55. The molecule has 0 bridgehead atoms. The van der Waals surface area contributed by atoms with E-state index in [1.165, 1.54) is 6.42 Å². The molecule has 2 aliphatic heterocycles. The first-order chi connectivity index (χ1) is 7.13. The molecule has 2 aliphatic rings. The zero-order valence-corrected chi connectivity index (χ0v) is 9.98. The molecule has 1 amide bonds. The zero-order valence-electron chi connectivity index (χ0n) is 9.16. The van der Waals surface area contributed by atoms with Crippen LogP contribution < -0.4 is 11.1 Å². The van der Waals surface area contributed by atoms with Crippen LogP contribution in [0, 0.1) is 0 Å². The lowest BCUT2D eigenvalue weighted by atomic mass is 10.0. The van der Waals surface area contributed by atoms with Crippen molar-refractivity contribution in [3.63, 3.8) is 0 Å². The maximum Gasteiger partial charge on any atom is 0.239 e. The molecule has 4 nitrogen and oxygen atoms in total. The maximum atomic E-state index is 11.8. The van der Waals surface area contributed by atoms with Crippen molar-refractivity contribution in [3.8, 4) is 0 Å². The van der Waals surface area contributed by atoms with Crippen LogP contribution in [0.4, 0.5) is 0 Å². The van der Waals surface area contributed by atoms with Crippen LogP contribution in [-0.4, -0.2) is 47.1 Å². The summed E-state index contributed by atoms with van der Waals surface area (Å²) in [4.78, 5) is 13.8. The molecule has 2 rings (SSSR count). The van der Waals surface area contributed by atoms with Gasteiger partial charge in [-0.2, -0.15) is 0 Å². The van der Waals surface area contributed by atoms with Gasteiger partial charge in [0.1, 0.15) is 0 Å². The van der Waals surface area contributed by atoms with Gasteiger partial charge in [-0.25, -0.2) is 0 Å². The Morgan fingerprint density at radius 2 is 2.47 bits per heavy atom. The average molecular weight is 229 g/mol. The molecule has 3 N–H and O–H groups in total. The van der Waals surface area contributed by atoms with Gasteiger partial charge in [-0.05, 0) is 19.8 Å². The van der Waals surface area contributed by atoms with Crippen LogP contribution in [-0.2, 0) is 4.79 Å². The highest BCUT2D eigenvalue weighted by Gasteiger charge is 2.40. The molecule has 2 atom stereocenters. The summed E-state index contributed by atoms with van der Waals surface area (Å²) in [7, 11) is 0. The predicted octanol–water partition coefficient (Wildman–Crippen LogP) is -0.0113. The Morgan fingerprint density at radius 1 is 1.67 bits per heavy atom. The van der Waals surface area contributed by atoms with E-state index in [2.05, 4.69) is 5.32 Å². The Labute approximate surface area is 94.9 Å². The summed E-state index contributed by atoms with van der Waals surface area (Å²) in [5.41, 5.74) is 5.64. The van der Waals surface area contributed by atoms with Gasteiger partial charge >= 0.3 is 0 Å². The summed E-state index contributed by atoms with van der Waals surface area (Å²) < 4.78 is 0. The Morgan fingerprint density at radius 3 is 3.07 bits per heavy atom. The number of hydrogen-bond acceptors (Lipinski definition) is 4.